The van der Waals surface area contributed by atoms with Crippen LogP contribution in [0.2, 0.25) is 0 Å². The highest BCUT2D eigenvalue weighted by Crippen LogP contribution is 2.39. The predicted molar refractivity (Wildman–Crippen MR) is 43.8 cm³/mol. The molecule has 0 bridgehead atoms. The summed E-state index contributed by atoms with van der Waals surface area (Å²) in [5, 5.41) is 0. The van der Waals surface area contributed by atoms with E-state index in [9.17, 15) is 18.0 Å². The third-order valence-corrected chi connectivity index (χ3v) is 2.70. The monoisotopic (exact) mass is 210 g/mol. The molecule has 1 amide bonds. The minimum absolute atomic E-state index is 0.0294. The van der Waals surface area contributed by atoms with E-state index in [1.165, 1.54) is 0 Å². The Morgan fingerprint density at radius 3 is 2.07 bits per heavy atom. The molecule has 3 nitrogen and oxygen atoms in total. The van der Waals surface area contributed by atoms with Crippen LogP contribution in [0.4, 0.5) is 13.2 Å². The average Bonchev–Trinajstić information content (AvgIpc) is 2.15. The normalized spacial score (nSPS) is 28.6. The topological polar surface area (TPSA) is 55.1 Å². The smallest absolute Gasteiger partial charge is 0.294 e. The van der Waals surface area contributed by atoms with Crippen molar-refractivity contribution in [2.75, 3.05) is 0 Å². The molecule has 1 saturated carbocycles. The van der Waals surface area contributed by atoms with Gasteiger partial charge in [-0.3, -0.25) is 10.2 Å². The molecule has 0 radical (unpaired) electrons. The second-order valence-electron chi connectivity index (χ2n) is 3.60. The lowest BCUT2D eigenvalue weighted by Crippen LogP contribution is -2.39. The first-order chi connectivity index (χ1) is 6.45. The van der Waals surface area contributed by atoms with Gasteiger partial charge < -0.3 is 0 Å². The van der Waals surface area contributed by atoms with Crippen molar-refractivity contribution < 1.29 is 18.0 Å². The summed E-state index contributed by atoms with van der Waals surface area (Å²) in [6.45, 7) is 0. The summed E-state index contributed by atoms with van der Waals surface area (Å²) < 4.78 is 36.7. The van der Waals surface area contributed by atoms with Crippen molar-refractivity contribution in [1.29, 1.82) is 0 Å². The molecule has 82 valence electrons. The summed E-state index contributed by atoms with van der Waals surface area (Å²) in [5.41, 5.74) is 1.97. The summed E-state index contributed by atoms with van der Waals surface area (Å²) in [5.74, 6) is 2.95. The minimum Gasteiger partial charge on any atom is -0.294 e. The number of hydrazine groups is 1. The maximum Gasteiger partial charge on any atom is 0.391 e. The molecule has 1 aliphatic carbocycles. The fourth-order valence-electron chi connectivity index (χ4n) is 1.80. The van der Waals surface area contributed by atoms with Gasteiger partial charge in [0.1, 0.15) is 0 Å². The maximum absolute atomic E-state index is 12.2. The zero-order chi connectivity index (χ0) is 10.8. The zero-order valence-electron chi connectivity index (χ0n) is 7.60. The molecule has 1 fully saturated rings. The number of rotatable bonds is 1. The third-order valence-electron chi connectivity index (χ3n) is 2.70. The molecular formula is C8H13F3N2O. The van der Waals surface area contributed by atoms with Crippen molar-refractivity contribution in [2.45, 2.75) is 31.9 Å². The highest BCUT2D eigenvalue weighted by Gasteiger charge is 2.42. The van der Waals surface area contributed by atoms with E-state index < -0.39 is 12.1 Å². The molecule has 0 aromatic heterocycles. The predicted octanol–water partition coefficient (Wildman–Crippen LogP) is 1.34. The van der Waals surface area contributed by atoms with Crippen LogP contribution in [0.15, 0.2) is 0 Å². The first-order valence-corrected chi connectivity index (χ1v) is 4.52. The van der Waals surface area contributed by atoms with Gasteiger partial charge in [0, 0.05) is 5.92 Å². The molecule has 14 heavy (non-hydrogen) atoms. The second-order valence-corrected chi connectivity index (χ2v) is 3.60. The van der Waals surface area contributed by atoms with Crippen molar-refractivity contribution in [2.24, 2.45) is 17.7 Å². The number of hydrogen-bond acceptors (Lipinski definition) is 2. The van der Waals surface area contributed by atoms with Crippen LogP contribution in [-0.2, 0) is 4.79 Å². The van der Waals surface area contributed by atoms with Crippen LogP contribution < -0.4 is 11.3 Å². The van der Waals surface area contributed by atoms with Gasteiger partial charge in [0.05, 0.1) is 5.92 Å². The number of alkyl halides is 3. The van der Waals surface area contributed by atoms with Crippen molar-refractivity contribution >= 4 is 5.91 Å². The van der Waals surface area contributed by atoms with Gasteiger partial charge >= 0.3 is 6.18 Å². The summed E-state index contributed by atoms with van der Waals surface area (Å²) in [6.07, 6.45) is -3.52. The largest absolute Gasteiger partial charge is 0.391 e. The van der Waals surface area contributed by atoms with Gasteiger partial charge in [0.2, 0.25) is 5.91 Å². The van der Waals surface area contributed by atoms with Crippen molar-refractivity contribution in [3.8, 4) is 0 Å². The van der Waals surface area contributed by atoms with E-state index in [0.717, 1.165) is 0 Å². The van der Waals surface area contributed by atoms with E-state index in [2.05, 4.69) is 0 Å². The van der Waals surface area contributed by atoms with E-state index in [4.69, 9.17) is 5.84 Å². The highest BCUT2D eigenvalue weighted by molar-refractivity contribution is 5.77. The molecule has 0 aromatic rings. The minimum atomic E-state index is -4.12. The number of hydrogen-bond donors (Lipinski definition) is 2. The first kappa shape index (κ1) is 11.3. The van der Waals surface area contributed by atoms with Crippen LogP contribution in [0.5, 0.6) is 0 Å². The molecule has 0 aromatic carbocycles. The van der Waals surface area contributed by atoms with Crippen LogP contribution in [0.1, 0.15) is 25.7 Å². The molecule has 0 unspecified atom stereocenters. The summed E-state index contributed by atoms with van der Waals surface area (Å²) in [7, 11) is 0. The van der Waals surface area contributed by atoms with Crippen LogP contribution in [-0.4, -0.2) is 12.1 Å². The number of carbonyl (C=O) groups is 1. The molecule has 3 N–H and O–H groups in total. The van der Waals surface area contributed by atoms with Crippen molar-refractivity contribution in [3.63, 3.8) is 0 Å². The lowest BCUT2D eigenvalue weighted by molar-refractivity contribution is -0.184. The Hall–Kier alpha value is -0.780. The van der Waals surface area contributed by atoms with E-state index in [1.54, 1.807) is 0 Å². The second kappa shape index (κ2) is 4.16. The Labute approximate surface area is 79.8 Å². The van der Waals surface area contributed by atoms with Gasteiger partial charge in [0.15, 0.2) is 0 Å². The van der Waals surface area contributed by atoms with Gasteiger partial charge in [-0.15, -0.1) is 0 Å². The molecule has 0 heterocycles. The Morgan fingerprint density at radius 2 is 1.71 bits per heavy atom. The summed E-state index contributed by atoms with van der Waals surface area (Å²) >= 11 is 0. The number of halogens is 3. The highest BCUT2D eigenvalue weighted by atomic mass is 19.4. The molecule has 0 atom stereocenters. The number of amides is 1. The van der Waals surface area contributed by atoms with Gasteiger partial charge in [0.25, 0.3) is 0 Å². The Bertz CT molecular complexity index is 209. The Balaban J connectivity index is 2.43. The van der Waals surface area contributed by atoms with E-state index >= 15 is 0 Å². The number of carbonyl (C=O) groups excluding carboxylic acids is 1. The SMILES string of the molecule is NNC(=O)C1CCC(C(F)(F)F)CC1. The third kappa shape index (κ3) is 2.60. The maximum atomic E-state index is 12.2. The molecule has 0 spiro atoms. The van der Waals surface area contributed by atoms with Gasteiger partial charge in [-0.1, -0.05) is 0 Å². The van der Waals surface area contributed by atoms with Crippen LogP contribution in [0.3, 0.4) is 0 Å². The van der Waals surface area contributed by atoms with Crippen molar-refractivity contribution in [3.05, 3.63) is 0 Å². The van der Waals surface area contributed by atoms with Crippen molar-refractivity contribution in [1.82, 2.24) is 5.43 Å². The fraction of sp³-hybridized carbons (Fsp3) is 0.875. The molecule has 0 saturated heterocycles. The van der Waals surface area contributed by atoms with Crippen LogP contribution in [0.25, 0.3) is 0 Å². The van der Waals surface area contributed by atoms with Gasteiger partial charge in [-0.2, -0.15) is 13.2 Å². The average molecular weight is 210 g/mol. The van der Waals surface area contributed by atoms with E-state index in [-0.39, 0.29) is 37.5 Å². The lowest BCUT2D eigenvalue weighted by atomic mass is 9.81. The number of nitrogens with two attached hydrogens (primary N) is 1. The van der Waals surface area contributed by atoms with Crippen LogP contribution in [0, 0.1) is 11.8 Å². The molecule has 0 aliphatic heterocycles. The standard InChI is InChI=1S/C8H13F3N2O/c9-8(10,11)6-3-1-5(2-4-6)7(14)13-12/h5-6H,1-4,12H2,(H,13,14). The quantitative estimate of drug-likeness (QED) is 0.390. The van der Waals surface area contributed by atoms with E-state index in [1.807, 2.05) is 5.43 Å². The molecule has 6 heteroatoms. The Kier molecular flexibility index (Phi) is 3.36. The summed E-state index contributed by atoms with van der Waals surface area (Å²) in [6, 6.07) is 0. The fourth-order valence-corrected chi connectivity index (χ4v) is 1.80. The van der Waals surface area contributed by atoms with E-state index in [0.29, 0.717) is 0 Å². The van der Waals surface area contributed by atoms with Crippen LogP contribution >= 0.6 is 0 Å². The molecule has 1 aliphatic rings. The molecular weight excluding hydrogens is 197 g/mol. The first-order valence-electron chi connectivity index (χ1n) is 4.52. The molecule has 1 rings (SSSR count). The summed E-state index contributed by atoms with van der Waals surface area (Å²) in [4.78, 5) is 11.0. The zero-order valence-corrected chi connectivity index (χ0v) is 7.60. The number of nitrogens with one attached hydrogen (secondary N) is 1. The van der Waals surface area contributed by atoms with Gasteiger partial charge in [-0.05, 0) is 25.7 Å². The lowest BCUT2D eigenvalue weighted by Gasteiger charge is -2.28. The Morgan fingerprint density at radius 1 is 1.21 bits per heavy atom. The van der Waals surface area contributed by atoms with Gasteiger partial charge in [-0.25, -0.2) is 5.84 Å².